The van der Waals surface area contributed by atoms with Gasteiger partial charge in [-0.15, -0.1) is 0 Å². The third-order valence-electron chi connectivity index (χ3n) is 5.13. The molecule has 2 heterocycles. The first-order valence-corrected chi connectivity index (χ1v) is 9.48. The number of ether oxygens (including phenoxy) is 2. The third-order valence-corrected chi connectivity index (χ3v) is 5.13. The Morgan fingerprint density at radius 2 is 2.00 bits per heavy atom. The molecule has 1 aliphatic heterocycles. The molecule has 152 valence electrons. The highest BCUT2D eigenvalue weighted by atomic mass is 16.5. The fourth-order valence-corrected chi connectivity index (χ4v) is 3.64. The third kappa shape index (κ3) is 3.98. The van der Waals surface area contributed by atoms with Crippen molar-refractivity contribution in [2.75, 3.05) is 27.7 Å². The SMILES string of the molecule is COc1ccc(C2C(C#N)=C(N)Oc3cc(C)n(CCCN(C)C)c(=O)c32)cc1. The van der Waals surface area contributed by atoms with E-state index < -0.39 is 5.92 Å². The van der Waals surface area contributed by atoms with Crippen molar-refractivity contribution in [1.82, 2.24) is 9.47 Å². The standard InChI is InChI=1S/C22H26N4O3/c1-14-12-18-20(22(27)26(14)11-5-10-25(2)3)19(17(13-23)21(24)29-18)15-6-8-16(28-4)9-7-15/h6-9,12,19H,5,10-11,24H2,1-4H3. The van der Waals surface area contributed by atoms with Crippen LogP contribution in [0.5, 0.6) is 11.5 Å². The summed E-state index contributed by atoms with van der Waals surface area (Å²) in [5.74, 6) is 0.558. The van der Waals surface area contributed by atoms with Crippen LogP contribution in [0.1, 0.15) is 29.2 Å². The summed E-state index contributed by atoms with van der Waals surface area (Å²) in [5, 5.41) is 9.73. The van der Waals surface area contributed by atoms with Crippen molar-refractivity contribution < 1.29 is 9.47 Å². The first-order chi connectivity index (χ1) is 13.9. The fraction of sp³-hybridized carbons (Fsp3) is 0.364. The summed E-state index contributed by atoms with van der Waals surface area (Å²) >= 11 is 0. The Hall–Kier alpha value is -3.24. The maximum atomic E-state index is 13.5. The Kier molecular flexibility index (Phi) is 5.95. The van der Waals surface area contributed by atoms with Crippen LogP contribution in [0.2, 0.25) is 0 Å². The summed E-state index contributed by atoms with van der Waals surface area (Å²) in [6, 6.07) is 11.3. The van der Waals surface area contributed by atoms with Gasteiger partial charge in [0.15, 0.2) is 0 Å². The molecule has 29 heavy (non-hydrogen) atoms. The number of aryl methyl sites for hydroxylation is 1. The van der Waals surface area contributed by atoms with Gasteiger partial charge in [-0.05, 0) is 51.7 Å². The molecule has 2 aromatic rings. The summed E-state index contributed by atoms with van der Waals surface area (Å²) in [4.78, 5) is 15.5. The van der Waals surface area contributed by atoms with Crippen LogP contribution in [0, 0.1) is 18.3 Å². The smallest absolute Gasteiger partial charge is 0.258 e. The van der Waals surface area contributed by atoms with Gasteiger partial charge in [-0.3, -0.25) is 4.79 Å². The van der Waals surface area contributed by atoms with Crippen molar-refractivity contribution in [2.24, 2.45) is 5.73 Å². The van der Waals surface area contributed by atoms with Gasteiger partial charge >= 0.3 is 0 Å². The molecule has 1 unspecified atom stereocenters. The molecule has 1 aromatic heterocycles. The van der Waals surface area contributed by atoms with Gasteiger partial charge in [-0.2, -0.15) is 5.26 Å². The lowest BCUT2D eigenvalue weighted by Crippen LogP contribution is -2.33. The minimum atomic E-state index is -0.581. The number of nitrogens with two attached hydrogens (primary N) is 1. The number of fused-ring (bicyclic) bond motifs is 1. The zero-order valence-corrected chi connectivity index (χ0v) is 17.2. The van der Waals surface area contributed by atoms with E-state index in [1.54, 1.807) is 23.8 Å². The monoisotopic (exact) mass is 394 g/mol. The molecule has 0 bridgehead atoms. The highest BCUT2D eigenvalue weighted by molar-refractivity contribution is 5.55. The van der Waals surface area contributed by atoms with Crippen LogP contribution in [-0.4, -0.2) is 37.2 Å². The minimum absolute atomic E-state index is 0.0324. The van der Waals surface area contributed by atoms with Gasteiger partial charge in [0.25, 0.3) is 5.56 Å². The molecule has 0 saturated heterocycles. The van der Waals surface area contributed by atoms with E-state index in [0.717, 1.165) is 24.2 Å². The number of nitriles is 1. The highest BCUT2D eigenvalue weighted by Crippen LogP contribution is 2.40. The van der Waals surface area contributed by atoms with E-state index in [0.29, 0.717) is 23.6 Å². The van der Waals surface area contributed by atoms with E-state index in [1.165, 1.54) is 0 Å². The molecule has 7 nitrogen and oxygen atoms in total. The topological polar surface area (TPSA) is 93.5 Å². The number of benzene rings is 1. The predicted molar refractivity (Wildman–Crippen MR) is 111 cm³/mol. The second kappa shape index (κ2) is 8.41. The number of nitrogens with zero attached hydrogens (tertiary/aromatic N) is 3. The average Bonchev–Trinajstić information content (AvgIpc) is 2.69. The van der Waals surface area contributed by atoms with Gasteiger partial charge in [-0.1, -0.05) is 12.1 Å². The van der Waals surface area contributed by atoms with Crippen molar-refractivity contribution >= 4 is 0 Å². The molecule has 0 spiro atoms. The maximum absolute atomic E-state index is 13.5. The Bertz CT molecular complexity index is 1030. The Morgan fingerprint density at radius 1 is 1.31 bits per heavy atom. The predicted octanol–water partition coefficient (Wildman–Crippen LogP) is 2.34. The molecular weight excluding hydrogens is 368 g/mol. The molecule has 0 aliphatic carbocycles. The molecular formula is C22H26N4O3. The van der Waals surface area contributed by atoms with E-state index in [2.05, 4.69) is 11.0 Å². The summed E-state index contributed by atoms with van der Waals surface area (Å²) in [6.45, 7) is 3.34. The molecule has 2 N–H and O–H groups in total. The zero-order valence-electron chi connectivity index (χ0n) is 17.2. The Morgan fingerprint density at radius 3 is 2.59 bits per heavy atom. The molecule has 0 radical (unpaired) electrons. The van der Waals surface area contributed by atoms with Crippen molar-refractivity contribution in [3.8, 4) is 17.6 Å². The summed E-state index contributed by atoms with van der Waals surface area (Å²) in [6.07, 6.45) is 0.837. The van der Waals surface area contributed by atoms with Gasteiger partial charge in [0.05, 0.1) is 18.6 Å². The van der Waals surface area contributed by atoms with Crippen molar-refractivity contribution in [1.29, 1.82) is 5.26 Å². The number of hydrogen-bond acceptors (Lipinski definition) is 6. The van der Waals surface area contributed by atoms with Gasteiger partial charge in [-0.25, -0.2) is 0 Å². The molecule has 0 amide bonds. The van der Waals surface area contributed by atoms with Gasteiger partial charge < -0.3 is 24.7 Å². The Labute approximate surface area is 170 Å². The van der Waals surface area contributed by atoms with Crippen LogP contribution >= 0.6 is 0 Å². The zero-order chi connectivity index (χ0) is 21.1. The summed E-state index contributed by atoms with van der Waals surface area (Å²) in [7, 11) is 5.60. The minimum Gasteiger partial charge on any atom is -0.497 e. The average molecular weight is 394 g/mol. The van der Waals surface area contributed by atoms with E-state index >= 15 is 0 Å². The summed E-state index contributed by atoms with van der Waals surface area (Å²) in [5.41, 5.74) is 8.15. The largest absolute Gasteiger partial charge is 0.497 e. The van der Waals surface area contributed by atoms with E-state index in [9.17, 15) is 10.1 Å². The molecule has 1 atom stereocenters. The second-order valence-electron chi connectivity index (χ2n) is 7.38. The Balaban J connectivity index is 2.14. The van der Waals surface area contributed by atoms with Crippen LogP contribution in [0.15, 0.2) is 46.6 Å². The van der Waals surface area contributed by atoms with Crippen LogP contribution in [0.4, 0.5) is 0 Å². The quantitative estimate of drug-likeness (QED) is 0.808. The molecule has 0 saturated carbocycles. The fourth-order valence-electron chi connectivity index (χ4n) is 3.64. The number of pyridine rings is 1. The van der Waals surface area contributed by atoms with Crippen molar-refractivity contribution in [3.63, 3.8) is 0 Å². The molecule has 3 rings (SSSR count). The molecule has 7 heteroatoms. The number of rotatable bonds is 6. The molecule has 1 aromatic carbocycles. The number of hydrogen-bond donors (Lipinski definition) is 1. The number of aromatic nitrogens is 1. The van der Waals surface area contributed by atoms with Gasteiger partial charge in [0.1, 0.15) is 23.1 Å². The van der Waals surface area contributed by atoms with Crippen LogP contribution in [0.3, 0.4) is 0 Å². The second-order valence-corrected chi connectivity index (χ2v) is 7.38. The van der Waals surface area contributed by atoms with Crippen LogP contribution < -0.4 is 20.8 Å². The van der Waals surface area contributed by atoms with Gasteiger partial charge in [0, 0.05) is 18.3 Å². The first kappa shape index (κ1) is 20.5. The van der Waals surface area contributed by atoms with Crippen molar-refractivity contribution in [3.05, 3.63) is 69.0 Å². The normalized spacial score (nSPS) is 15.7. The highest BCUT2D eigenvalue weighted by Gasteiger charge is 2.34. The van der Waals surface area contributed by atoms with E-state index in [1.807, 2.05) is 39.2 Å². The van der Waals surface area contributed by atoms with Gasteiger partial charge in [0.2, 0.25) is 5.88 Å². The lowest BCUT2D eigenvalue weighted by molar-refractivity contribution is 0.375. The summed E-state index contributed by atoms with van der Waals surface area (Å²) < 4.78 is 12.7. The first-order valence-electron chi connectivity index (χ1n) is 9.48. The van der Waals surface area contributed by atoms with Crippen LogP contribution in [-0.2, 0) is 6.54 Å². The van der Waals surface area contributed by atoms with E-state index in [4.69, 9.17) is 15.2 Å². The number of allylic oxidation sites excluding steroid dienone is 1. The maximum Gasteiger partial charge on any atom is 0.258 e. The van der Waals surface area contributed by atoms with E-state index in [-0.39, 0.29) is 17.0 Å². The lowest BCUT2D eigenvalue weighted by Gasteiger charge is -2.27. The lowest BCUT2D eigenvalue weighted by atomic mass is 9.84. The number of methoxy groups -OCH3 is 1. The molecule has 1 aliphatic rings. The van der Waals surface area contributed by atoms with Crippen LogP contribution in [0.25, 0.3) is 0 Å². The van der Waals surface area contributed by atoms with Crippen molar-refractivity contribution in [2.45, 2.75) is 25.8 Å². The molecule has 0 fully saturated rings.